The largest absolute Gasteiger partial charge is 0.493 e. The zero-order valence-corrected chi connectivity index (χ0v) is 23.5. The second-order valence-corrected chi connectivity index (χ2v) is 11.2. The first-order chi connectivity index (χ1) is 18.6. The lowest BCUT2D eigenvalue weighted by Gasteiger charge is -2.17. The summed E-state index contributed by atoms with van der Waals surface area (Å²) in [6.45, 7) is 8.10. The second kappa shape index (κ2) is 12.3. The molecule has 6 nitrogen and oxygen atoms in total. The number of hydrogen-bond acceptors (Lipinski definition) is 6. The Morgan fingerprint density at radius 1 is 1.13 bits per heavy atom. The number of benzene rings is 2. The zero-order valence-electron chi connectivity index (χ0n) is 22.7. The molecule has 0 bridgehead atoms. The van der Waals surface area contributed by atoms with Crippen molar-refractivity contribution in [3.63, 3.8) is 0 Å². The van der Waals surface area contributed by atoms with Crippen LogP contribution in [0.4, 0.5) is 0 Å². The summed E-state index contributed by atoms with van der Waals surface area (Å²) in [5.41, 5.74) is 3.32. The fraction of sp³-hybridized carbons (Fsp3) is 0.312. The van der Waals surface area contributed by atoms with Crippen LogP contribution in [-0.2, 0) is 11.4 Å². The van der Waals surface area contributed by atoms with Crippen molar-refractivity contribution in [3.8, 4) is 34.6 Å². The summed E-state index contributed by atoms with van der Waals surface area (Å²) in [7, 11) is 0. The molecule has 0 saturated heterocycles. The average Bonchev–Trinajstić information content (AvgIpc) is 3.25. The van der Waals surface area contributed by atoms with Gasteiger partial charge in [0.25, 0.3) is 0 Å². The van der Waals surface area contributed by atoms with E-state index < -0.39 is 17.5 Å². The van der Waals surface area contributed by atoms with Crippen LogP contribution in [0.5, 0.6) is 11.6 Å². The number of aliphatic hydroxyl groups is 1. The van der Waals surface area contributed by atoms with Gasteiger partial charge in [0, 0.05) is 34.3 Å². The molecule has 0 unspecified atom stereocenters. The summed E-state index contributed by atoms with van der Waals surface area (Å²) in [6.07, 6.45) is 2.11. The van der Waals surface area contributed by atoms with Crippen LogP contribution in [0.1, 0.15) is 55.5 Å². The van der Waals surface area contributed by atoms with E-state index in [9.17, 15) is 15.0 Å². The molecule has 7 heteroatoms. The third-order valence-corrected chi connectivity index (χ3v) is 7.47. The molecule has 4 rings (SSSR count). The van der Waals surface area contributed by atoms with E-state index >= 15 is 0 Å². The molecule has 0 fully saturated rings. The maximum absolute atomic E-state index is 11.2. The zero-order chi connectivity index (χ0) is 28.0. The molecule has 202 valence electrons. The third-order valence-electron chi connectivity index (χ3n) is 6.33. The number of aliphatic carboxylic acids is 1. The van der Waals surface area contributed by atoms with E-state index in [1.54, 1.807) is 44.4 Å². The van der Waals surface area contributed by atoms with Crippen molar-refractivity contribution in [2.75, 3.05) is 6.61 Å². The summed E-state index contributed by atoms with van der Waals surface area (Å²) in [4.78, 5) is 16.7. The molecule has 0 radical (unpaired) electrons. The molecule has 2 heterocycles. The Morgan fingerprint density at radius 2 is 1.92 bits per heavy atom. The number of thiophene rings is 1. The Labute approximate surface area is 233 Å². The lowest BCUT2D eigenvalue weighted by molar-refractivity contribution is -0.137. The summed E-state index contributed by atoms with van der Waals surface area (Å²) >= 11 is 1.69. The van der Waals surface area contributed by atoms with Crippen LogP contribution in [0.25, 0.3) is 21.2 Å². The smallest absolute Gasteiger partial charge is 0.304 e. The standard InChI is InChI=1S/C32H33NO5S/c1-5-8-22(18-30(34)35)23-11-14-29(33-19-23)38-20-28-31(26-9-6-7-10-27(26)39-28)25-13-12-24(17-21(25)2)37-16-15-32(3,4)36/h6-7,9-14,17,19,22,36H,15-16,18,20H2,1-4H3,(H,34,35)/t22-/m1/s1. The van der Waals surface area contributed by atoms with E-state index in [0.29, 0.717) is 25.5 Å². The van der Waals surface area contributed by atoms with Crippen LogP contribution in [0.3, 0.4) is 0 Å². The number of nitrogens with zero attached hydrogens (tertiary/aromatic N) is 1. The van der Waals surface area contributed by atoms with Gasteiger partial charge in [-0.25, -0.2) is 4.98 Å². The normalized spacial score (nSPS) is 12.0. The van der Waals surface area contributed by atoms with Crippen molar-refractivity contribution in [3.05, 3.63) is 76.8 Å². The molecule has 0 amide bonds. The maximum Gasteiger partial charge on any atom is 0.304 e. The van der Waals surface area contributed by atoms with Gasteiger partial charge in [0.1, 0.15) is 12.4 Å². The van der Waals surface area contributed by atoms with Crippen molar-refractivity contribution in [1.82, 2.24) is 4.98 Å². The van der Waals surface area contributed by atoms with Gasteiger partial charge >= 0.3 is 5.97 Å². The van der Waals surface area contributed by atoms with Crippen molar-refractivity contribution >= 4 is 27.4 Å². The number of pyridine rings is 1. The van der Waals surface area contributed by atoms with Crippen LogP contribution in [-0.4, -0.2) is 33.4 Å². The quantitative estimate of drug-likeness (QED) is 0.199. The SMILES string of the molecule is CC#C[C@H](CC(=O)O)c1ccc(OCc2sc3ccccc3c2-c2ccc(OCCC(C)(C)O)cc2C)nc1. The summed E-state index contributed by atoms with van der Waals surface area (Å²) in [5.74, 6) is 5.68. The Balaban J connectivity index is 1.56. The van der Waals surface area contributed by atoms with Gasteiger partial charge in [-0.2, -0.15) is 0 Å². The molecule has 0 saturated carbocycles. The fourth-order valence-corrected chi connectivity index (χ4v) is 5.47. The maximum atomic E-state index is 11.2. The molecular weight excluding hydrogens is 510 g/mol. The van der Waals surface area contributed by atoms with Crippen molar-refractivity contribution in [2.45, 2.75) is 58.7 Å². The topological polar surface area (TPSA) is 88.9 Å². The van der Waals surface area contributed by atoms with Gasteiger partial charge in [-0.15, -0.1) is 17.3 Å². The predicted molar refractivity (Wildman–Crippen MR) is 155 cm³/mol. The minimum absolute atomic E-state index is 0.0729. The monoisotopic (exact) mass is 543 g/mol. The van der Waals surface area contributed by atoms with Crippen molar-refractivity contribution < 1.29 is 24.5 Å². The molecule has 2 aromatic carbocycles. The van der Waals surface area contributed by atoms with E-state index in [0.717, 1.165) is 38.3 Å². The summed E-state index contributed by atoms with van der Waals surface area (Å²) < 4.78 is 13.2. The highest BCUT2D eigenvalue weighted by molar-refractivity contribution is 7.19. The number of fused-ring (bicyclic) bond motifs is 1. The highest BCUT2D eigenvalue weighted by Crippen LogP contribution is 2.41. The highest BCUT2D eigenvalue weighted by atomic mass is 32.1. The number of carboxylic acid groups (broad SMARTS) is 1. The van der Waals surface area contributed by atoms with E-state index in [1.807, 2.05) is 30.3 Å². The van der Waals surface area contributed by atoms with Gasteiger partial charge in [-0.3, -0.25) is 4.79 Å². The van der Waals surface area contributed by atoms with E-state index in [1.165, 1.54) is 4.70 Å². The predicted octanol–water partition coefficient (Wildman–Crippen LogP) is 6.97. The van der Waals surface area contributed by atoms with Crippen LogP contribution < -0.4 is 9.47 Å². The molecule has 2 aromatic heterocycles. The first-order valence-corrected chi connectivity index (χ1v) is 13.7. The minimum atomic E-state index is -0.899. The Morgan fingerprint density at radius 3 is 2.59 bits per heavy atom. The molecule has 0 aliphatic rings. The highest BCUT2D eigenvalue weighted by Gasteiger charge is 2.18. The first kappa shape index (κ1) is 28.2. The molecule has 4 aromatic rings. The van der Waals surface area contributed by atoms with Crippen LogP contribution in [0, 0.1) is 18.8 Å². The van der Waals surface area contributed by atoms with Gasteiger partial charge < -0.3 is 19.7 Å². The first-order valence-electron chi connectivity index (χ1n) is 12.8. The number of carboxylic acids is 1. The van der Waals surface area contributed by atoms with Gasteiger partial charge in [0.2, 0.25) is 5.88 Å². The molecule has 0 aliphatic carbocycles. The van der Waals surface area contributed by atoms with Gasteiger partial charge in [-0.1, -0.05) is 36.3 Å². The number of hydrogen-bond donors (Lipinski definition) is 2. The number of aryl methyl sites for hydroxylation is 1. The number of carbonyl (C=O) groups is 1. The number of ether oxygens (including phenoxy) is 2. The molecule has 2 N–H and O–H groups in total. The Bertz CT molecular complexity index is 1510. The van der Waals surface area contributed by atoms with Gasteiger partial charge in [0.15, 0.2) is 0 Å². The lowest BCUT2D eigenvalue weighted by atomic mass is 9.97. The molecule has 0 spiro atoms. The molecule has 1 atom stereocenters. The number of aromatic nitrogens is 1. The van der Waals surface area contributed by atoms with Crippen LogP contribution in [0.15, 0.2) is 60.8 Å². The second-order valence-electron chi connectivity index (χ2n) is 10.0. The van der Waals surface area contributed by atoms with Crippen LogP contribution >= 0.6 is 11.3 Å². The van der Waals surface area contributed by atoms with Crippen LogP contribution in [0.2, 0.25) is 0 Å². The minimum Gasteiger partial charge on any atom is -0.493 e. The molecule has 39 heavy (non-hydrogen) atoms. The van der Waals surface area contributed by atoms with Crippen molar-refractivity contribution in [1.29, 1.82) is 0 Å². The molecule has 0 aliphatic heterocycles. The lowest BCUT2D eigenvalue weighted by Crippen LogP contribution is -2.21. The van der Waals surface area contributed by atoms with E-state index in [2.05, 4.69) is 41.9 Å². The third kappa shape index (κ3) is 7.38. The summed E-state index contributed by atoms with van der Waals surface area (Å²) in [5, 5.41) is 20.3. The molecular formula is C32H33NO5S. The average molecular weight is 544 g/mol. The Hall–Kier alpha value is -3.86. The van der Waals surface area contributed by atoms with E-state index in [4.69, 9.17) is 9.47 Å². The summed E-state index contributed by atoms with van der Waals surface area (Å²) in [6, 6.07) is 18.0. The Kier molecular flexibility index (Phi) is 8.90. The van der Waals surface area contributed by atoms with Gasteiger partial charge in [-0.05, 0) is 62.6 Å². The van der Waals surface area contributed by atoms with E-state index in [-0.39, 0.29) is 6.42 Å². The van der Waals surface area contributed by atoms with Gasteiger partial charge in [0.05, 0.1) is 29.4 Å². The number of rotatable bonds is 11. The van der Waals surface area contributed by atoms with Crippen molar-refractivity contribution in [2.24, 2.45) is 0 Å². The fourth-order valence-electron chi connectivity index (χ4n) is 4.34.